The number of rotatable bonds is 4. The molecule has 4 aromatic rings. The van der Waals surface area contributed by atoms with E-state index in [1.165, 1.54) is 11.3 Å². The lowest BCUT2D eigenvalue weighted by Crippen LogP contribution is -2.23. The number of halogens is 1. The number of thiazole rings is 1. The fourth-order valence-electron chi connectivity index (χ4n) is 2.98. The number of benzene rings is 2. The van der Waals surface area contributed by atoms with Gasteiger partial charge < -0.3 is 10.1 Å². The fraction of sp³-hybridized carbons (Fsp3) is 0.105. The van der Waals surface area contributed by atoms with Gasteiger partial charge in [0.2, 0.25) is 0 Å². The summed E-state index contributed by atoms with van der Waals surface area (Å²) in [5.41, 5.74) is 1.17. The lowest BCUT2D eigenvalue weighted by atomic mass is 9.96. The summed E-state index contributed by atoms with van der Waals surface area (Å²) in [7, 11) is 0. The van der Waals surface area contributed by atoms with Crippen molar-refractivity contribution >= 4 is 50.0 Å². The highest BCUT2D eigenvalue weighted by atomic mass is 35.5. The van der Waals surface area contributed by atoms with Crippen LogP contribution >= 0.6 is 22.9 Å². The minimum absolute atomic E-state index is 0.131. The largest absolute Gasteiger partial charge is 0.481 e. The summed E-state index contributed by atoms with van der Waals surface area (Å²) in [6.07, 6.45) is 0.131. The summed E-state index contributed by atoms with van der Waals surface area (Å²) in [4.78, 5) is 31.5. The summed E-state index contributed by atoms with van der Waals surface area (Å²) in [6.45, 7) is 0. The van der Waals surface area contributed by atoms with Crippen LogP contribution in [0.1, 0.15) is 16.5 Å². The molecule has 2 heterocycles. The van der Waals surface area contributed by atoms with Crippen molar-refractivity contribution in [2.24, 2.45) is 0 Å². The van der Waals surface area contributed by atoms with E-state index in [-0.39, 0.29) is 12.0 Å². The molecule has 0 fully saturated rings. The molecule has 0 bridgehead atoms. The third-order valence-corrected chi connectivity index (χ3v) is 5.60. The topological polar surface area (TPSA) is 83.0 Å². The van der Waals surface area contributed by atoms with E-state index >= 15 is 0 Å². The lowest BCUT2D eigenvalue weighted by Gasteiger charge is -2.11. The number of nitrogens with zero attached hydrogens (tertiary/aromatic N) is 1. The van der Waals surface area contributed by atoms with Crippen LogP contribution in [0.5, 0.6) is 0 Å². The van der Waals surface area contributed by atoms with Crippen molar-refractivity contribution in [3.63, 3.8) is 0 Å². The number of aromatic amines is 1. The van der Waals surface area contributed by atoms with Gasteiger partial charge in [-0.3, -0.25) is 9.59 Å². The van der Waals surface area contributed by atoms with Crippen molar-refractivity contribution in [1.82, 2.24) is 9.97 Å². The van der Waals surface area contributed by atoms with E-state index in [1.54, 1.807) is 18.2 Å². The normalized spacial score (nSPS) is 12.5. The summed E-state index contributed by atoms with van der Waals surface area (Å²) in [5.74, 6) is -2.04. The molecule has 2 aromatic carbocycles. The zero-order valence-corrected chi connectivity index (χ0v) is 15.0. The molecule has 0 saturated heterocycles. The maximum absolute atomic E-state index is 12.4. The number of nitrogens with one attached hydrogen (secondary N) is 1. The Hall–Kier alpha value is -2.70. The monoisotopic (exact) mass is 384 g/mol. The third-order valence-electron chi connectivity index (χ3n) is 4.25. The standard InChI is InChI=1S/C19H13ClN2O3S/c20-13-5-3-7-15-17(13)22-16(26-15)9-12(19(24)25)11-8-10-4-1-2-6-14(10)21-18(11)23/h1-8,12H,9H2,(H,21,23)(H,24,25). The molecule has 2 N–H and O–H groups in total. The molecule has 0 aliphatic carbocycles. The van der Waals surface area contributed by atoms with Gasteiger partial charge in [-0.2, -0.15) is 0 Å². The first kappa shape index (κ1) is 16.8. The predicted molar refractivity (Wildman–Crippen MR) is 103 cm³/mol. The number of carboxylic acids is 1. The molecule has 0 saturated carbocycles. The van der Waals surface area contributed by atoms with Crippen LogP contribution < -0.4 is 5.56 Å². The molecule has 1 unspecified atom stereocenters. The van der Waals surface area contributed by atoms with Gasteiger partial charge in [0.25, 0.3) is 5.56 Å². The maximum Gasteiger partial charge on any atom is 0.311 e. The van der Waals surface area contributed by atoms with E-state index < -0.39 is 17.4 Å². The number of H-pyrrole nitrogens is 1. The van der Waals surface area contributed by atoms with E-state index in [4.69, 9.17) is 11.6 Å². The molecule has 130 valence electrons. The average Bonchev–Trinajstić information content (AvgIpc) is 3.03. The van der Waals surface area contributed by atoms with Crippen molar-refractivity contribution in [1.29, 1.82) is 0 Å². The van der Waals surface area contributed by atoms with Gasteiger partial charge >= 0.3 is 5.97 Å². The predicted octanol–water partition coefficient (Wildman–Crippen LogP) is 4.20. The Balaban J connectivity index is 1.78. The van der Waals surface area contributed by atoms with Gasteiger partial charge in [-0.05, 0) is 29.7 Å². The number of aromatic nitrogens is 2. The highest BCUT2D eigenvalue weighted by Gasteiger charge is 2.25. The number of carboxylic acid groups (broad SMARTS) is 1. The minimum atomic E-state index is -1.06. The second-order valence-electron chi connectivity index (χ2n) is 5.93. The molecular weight excluding hydrogens is 372 g/mol. The Labute approximate surface area is 156 Å². The summed E-state index contributed by atoms with van der Waals surface area (Å²) in [6, 6.07) is 14.4. The van der Waals surface area contributed by atoms with E-state index in [1.807, 2.05) is 30.3 Å². The second-order valence-corrected chi connectivity index (χ2v) is 7.45. The average molecular weight is 385 g/mol. The maximum atomic E-state index is 12.4. The molecular formula is C19H13ClN2O3S. The van der Waals surface area contributed by atoms with Crippen LogP contribution in [0.25, 0.3) is 21.1 Å². The Morgan fingerprint density at radius 3 is 2.81 bits per heavy atom. The van der Waals surface area contributed by atoms with E-state index in [2.05, 4.69) is 9.97 Å². The van der Waals surface area contributed by atoms with E-state index in [0.717, 1.165) is 10.1 Å². The zero-order chi connectivity index (χ0) is 18.3. The number of aliphatic carboxylic acids is 1. The van der Waals surface area contributed by atoms with Crippen LogP contribution in [0.4, 0.5) is 0 Å². The molecule has 5 nitrogen and oxygen atoms in total. The van der Waals surface area contributed by atoms with Crippen molar-refractivity contribution < 1.29 is 9.90 Å². The van der Waals surface area contributed by atoms with Gasteiger partial charge in [0.1, 0.15) is 5.52 Å². The first-order chi connectivity index (χ1) is 12.5. The summed E-state index contributed by atoms with van der Waals surface area (Å²) >= 11 is 7.54. The minimum Gasteiger partial charge on any atom is -0.481 e. The van der Waals surface area contributed by atoms with Crippen molar-refractivity contribution in [2.45, 2.75) is 12.3 Å². The molecule has 26 heavy (non-hydrogen) atoms. The highest BCUT2D eigenvalue weighted by molar-refractivity contribution is 7.18. The van der Waals surface area contributed by atoms with Crippen molar-refractivity contribution in [3.05, 3.63) is 74.5 Å². The van der Waals surface area contributed by atoms with Crippen LogP contribution in [0.2, 0.25) is 5.02 Å². The molecule has 0 aliphatic heterocycles. The Bertz CT molecular complexity index is 1200. The van der Waals surface area contributed by atoms with Crippen molar-refractivity contribution in [3.8, 4) is 0 Å². The first-order valence-corrected chi connectivity index (χ1v) is 9.11. The molecule has 1 atom stereocenters. The van der Waals surface area contributed by atoms with Crippen LogP contribution in [-0.2, 0) is 11.2 Å². The third kappa shape index (κ3) is 2.98. The van der Waals surface area contributed by atoms with Gasteiger partial charge in [0.05, 0.1) is 20.6 Å². The van der Waals surface area contributed by atoms with Crippen LogP contribution in [0.3, 0.4) is 0 Å². The van der Waals surface area contributed by atoms with Gasteiger partial charge in [-0.1, -0.05) is 35.9 Å². The Morgan fingerprint density at radius 1 is 1.23 bits per heavy atom. The number of hydrogen-bond acceptors (Lipinski definition) is 4. The van der Waals surface area contributed by atoms with Gasteiger partial charge in [0.15, 0.2) is 0 Å². The number of para-hydroxylation sites is 2. The number of hydrogen-bond donors (Lipinski definition) is 2. The molecule has 0 spiro atoms. The summed E-state index contributed by atoms with van der Waals surface area (Å²) in [5, 5.41) is 11.7. The fourth-order valence-corrected chi connectivity index (χ4v) is 4.29. The Kier molecular flexibility index (Phi) is 4.22. The summed E-state index contributed by atoms with van der Waals surface area (Å²) < 4.78 is 0.893. The van der Waals surface area contributed by atoms with Crippen molar-refractivity contribution in [2.75, 3.05) is 0 Å². The first-order valence-electron chi connectivity index (χ1n) is 7.91. The number of pyridine rings is 1. The van der Waals surface area contributed by atoms with E-state index in [0.29, 0.717) is 21.1 Å². The van der Waals surface area contributed by atoms with Gasteiger partial charge in [-0.15, -0.1) is 11.3 Å². The molecule has 0 amide bonds. The second kappa shape index (κ2) is 6.55. The molecule has 0 radical (unpaired) electrons. The highest BCUT2D eigenvalue weighted by Crippen LogP contribution is 2.31. The molecule has 7 heteroatoms. The Morgan fingerprint density at radius 2 is 2.04 bits per heavy atom. The number of carbonyl (C=O) groups is 1. The van der Waals surface area contributed by atoms with E-state index in [9.17, 15) is 14.7 Å². The zero-order valence-electron chi connectivity index (χ0n) is 13.4. The molecule has 2 aromatic heterocycles. The van der Waals surface area contributed by atoms with Crippen LogP contribution in [-0.4, -0.2) is 21.0 Å². The molecule has 4 rings (SSSR count). The van der Waals surface area contributed by atoms with Gasteiger partial charge in [0, 0.05) is 17.5 Å². The number of fused-ring (bicyclic) bond motifs is 2. The quantitative estimate of drug-likeness (QED) is 0.552. The smallest absolute Gasteiger partial charge is 0.311 e. The molecule has 0 aliphatic rings. The van der Waals surface area contributed by atoms with Crippen LogP contribution in [0.15, 0.2) is 53.3 Å². The lowest BCUT2D eigenvalue weighted by molar-refractivity contribution is -0.138. The SMILES string of the molecule is O=C(O)C(Cc1nc2c(Cl)cccc2s1)c1cc2ccccc2[nH]c1=O. The van der Waals surface area contributed by atoms with Crippen LogP contribution in [0, 0.1) is 0 Å². The van der Waals surface area contributed by atoms with Gasteiger partial charge in [-0.25, -0.2) is 4.98 Å².